The molecular weight excluding hydrogens is 212 g/mol. The minimum atomic E-state index is -0.564. The number of aliphatic carboxylic acids is 1. The van der Waals surface area contributed by atoms with Crippen molar-refractivity contribution >= 4 is 5.97 Å². The first-order valence-corrected chi connectivity index (χ1v) is 7.00. The smallest absolute Gasteiger partial charge is 0.306 e. The molecule has 0 aliphatic heterocycles. The Morgan fingerprint density at radius 2 is 1.76 bits per heavy atom. The average molecular weight is 238 g/mol. The van der Waals surface area contributed by atoms with Crippen molar-refractivity contribution in [1.82, 2.24) is 0 Å². The van der Waals surface area contributed by atoms with Crippen molar-refractivity contribution in [3.8, 4) is 0 Å². The SMILES string of the molecule is CC1(C)CCC2CCCC(C(=O)O)C2C1(C)C. The van der Waals surface area contributed by atoms with Gasteiger partial charge < -0.3 is 5.11 Å². The third-order valence-corrected chi connectivity index (χ3v) is 6.07. The largest absolute Gasteiger partial charge is 0.481 e. The number of carbonyl (C=O) groups is 1. The molecule has 0 saturated heterocycles. The third-order valence-electron chi connectivity index (χ3n) is 6.07. The van der Waals surface area contributed by atoms with E-state index in [1.165, 1.54) is 19.3 Å². The first-order valence-electron chi connectivity index (χ1n) is 7.00. The molecule has 0 aromatic carbocycles. The van der Waals surface area contributed by atoms with Crippen molar-refractivity contribution in [2.45, 2.75) is 59.8 Å². The summed E-state index contributed by atoms with van der Waals surface area (Å²) in [6.07, 6.45) is 5.71. The molecule has 0 aromatic heterocycles. The van der Waals surface area contributed by atoms with Gasteiger partial charge in [0.15, 0.2) is 0 Å². The fourth-order valence-electron chi connectivity index (χ4n) is 4.30. The van der Waals surface area contributed by atoms with E-state index >= 15 is 0 Å². The Kier molecular flexibility index (Phi) is 3.04. The van der Waals surface area contributed by atoms with E-state index in [1.54, 1.807) is 0 Å². The van der Waals surface area contributed by atoms with Crippen molar-refractivity contribution in [2.75, 3.05) is 0 Å². The lowest BCUT2D eigenvalue weighted by atomic mass is 9.47. The predicted octanol–water partition coefficient (Wildman–Crippen LogP) is 3.95. The summed E-state index contributed by atoms with van der Waals surface area (Å²) in [5.74, 6) is 0.346. The van der Waals surface area contributed by atoms with E-state index in [1.807, 2.05) is 0 Å². The Bertz CT molecular complexity index is 317. The Balaban J connectivity index is 2.35. The Morgan fingerprint density at radius 3 is 2.35 bits per heavy atom. The van der Waals surface area contributed by atoms with Gasteiger partial charge in [-0.2, -0.15) is 0 Å². The molecule has 17 heavy (non-hydrogen) atoms. The quantitative estimate of drug-likeness (QED) is 0.751. The lowest BCUT2D eigenvalue weighted by molar-refractivity contribution is -0.158. The van der Waals surface area contributed by atoms with Gasteiger partial charge in [0.1, 0.15) is 0 Å². The predicted molar refractivity (Wildman–Crippen MR) is 68.8 cm³/mol. The van der Waals surface area contributed by atoms with E-state index in [-0.39, 0.29) is 16.7 Å². The first kappa shape index (κ1) is 12.9. The zero-order valence-corrected chi connectivity index (χ0v) is 11.6. The monoisotopic (exact) mass is 238 g/mol. The first-order chi connectivity index (χ1) is 7.77. The fraction of sp³-hybridized carbons (Fsp3) is 0.933. The molecule has 1 N–H and O–H groups in total. The van der Waals surface area contributed by atoms with Crippen LogP contribution in [0.2, 0.25) is 0 Å². The molecule has 98 valence electrons. The second kappa shape index (κ2) is 4.00. The summed E-state index contributed by atoms with van der Waals surface area (Å²) in [6, 6.07) is 0. The van der Waals surface area contributed by atoms with Gasteiger partial charge in [-0.25, -0.2) is 0 Å². The molecule has 0 radical (unpaired) electrons. The van der Waals surface area contributed by atoms with Crippen LogP contribution in [0.3, 0.4) is 0 Å². The minimum absolute atomic E-state index is 0.108. The molecule has 0 aromatic rings. The molecule has 2 rings (SSSR count). The number of carboxylic acid groups (broad SMARTS) is 1. The van der Waals surface area contributed by atoms with Crippen molar-refractivity contribution in [3.05, 3.63) is 0 Å². The van der Waals surface area contributed by atoms with Crippen LogP contribution < -0.4 is 0 Å². The summed E-state index contributed by atoms with van der Waals surface area (Å²) in [5.41, 5.74) is 0.401. The summed E-state index contributed by atoms with van der Waals surface area (Å²) >= 11 is 0. The van der Waals surface area contributed by atoms with E-state index in [9.17, 15) is 9.90 Å². The lowest BCUT2D eigenvalue weighted by Crippen LogP contribution is -2.52. The summed E-state index contributed by atoms with van der Waals surface area (Å²) in [6.45, 7) is 9.23. The molecule has 3 atom stereocenters. The van der Waals surface area contributed by atoms with Gasteiger partial charge in [-0.15, -0.1) is 0 Å². The molecule has 2 saturated carbocycles. The fourth-order valence-corrected chi connectivity index (χ4v) is 4.30. The molecule has 2 nitrogen and oxygen atoms in total. The number of fused-ring (bicyclic) bond motifs is 1. The standard InChI is InChI=1S/C15H26O2/c1-14(2)9-8-10-6-5-7-11(13(16)17)12(10)15(14,3)4/h10-12H,5-9H2,1-4H3,(H,16,17). The molecule has 0 bridgehead atoms. The van der Waals surface area contributed by atoms with E-state index in [4.69, 9.17) is 0 Å². The topological polar surface area (TPSA) is 37.3 Å². The minimum Gasteiger partial charge on any atom is -0.481 e. The molecule has 2 fully saturated rings. The summed E-state index contributed by atoms with van der Waals surface area (Å²) < 4.78 is 0. The highest BCUT2D eigenvalue weighted by molar-refractivity contribution is 5.70. The van der Waals surface area contributed by atoms with E-state index in [0.717, 1.165) is 12.8 Å². The van der Waals surface area contributed by atoms with Crippen LogP contribution in [-0.2, 0) is 4.79 Å². The molecule has 3 unspecified atom stereocenters. The van der Waals surface area contributed by atoms with Gasteiger partial charge >= 0.3 is 5.97 Å². The van der Waals surface area contributed by atoms with Gasteiger partial charge in [0, 0.05) is 0 Å². The second-order valence-corrected chi connectivity index (χ2v) is 7.31. The van der Waals surface area contributed by atoms with Crippen LogP contribution in [-0.4, -0.2) is 11.1 Å². The molecule has 0 spiro atoms. The van der Waals surface area contributed by atoms with Crippen LogP contribution in [0.25, 0.3) is 0 Å². The van der Waals surface area contributed by atoms with Crippen molar-refractivity contribution in [2.24, 2.45) is 28.6 Å². The van der Waals surface area contributed by atoms with Crippen molar-refractivity contribution < 1.29 is 9.90 Å². The van der Waals surface area contributed by atoms with Gasteiger partial charge in [-0.3, -0.25) is 4.79 Å². The van der Waals surface area contributed by atoms with Crippen LogP contribution in [0.15, 0.2) is 0 Å². The van der Waals surface area contributed by atoms with Crippen LogP contribution in [0.4, 0.5) is 0 Å². The average Bonchev–Trinajstić information content (AvgIpc) is 2.23. The van der Waals surface area contributed by atoms with Crippen molar-refractivity contribution in [1.29, 1.82) is 0 Å². The maximum atomic E-state index is 11.5. The summed E-state index contributed by atoms with van der Waals surface area (Å²) in [7, 11) is 0. The second-order valence-electron chi connectivity index (χ2n) is 7.31. The molecular formula is C15H26O2. The zero-order valence-electron chi connectivity index (χ0n) is 11.6. The Hall–Kier alpha value is -0.530. The van der Waals surface area contributed by atoms with Gasteiger partial charge in [-0.1, -0.05) is 40.5 Å². The van der Waals surface area contributed by atoms with Crippen LogP contribution in [0, 0.1) is 28.6 Å². The number of rotatable bonds is 1. The molecule has 0 amide bonds. The lowest BCUT2D eigenvalue weighted by Gasteiger charge is -2.57. The highest BCUT2D eigenvalue weighted by Gasteiger charge is 2.54. The number of hydrogen-bond donors (Lipinski definition) is 1. The summed E-state index contributed by atoms with van der Waals surface area (Å²) in [5, 5.41) is 9.48. The number of carboxylic acids is 1. The van der Waals surface area contributed by atoms with Crippen LogP contribution in [0.5, 0.6) is 0 Å². The maximum absolute atomic E-state index is 11.5. The van der Waals surface area contributed by atoms with Gasteiger partial charge in [0.2, 0.25) is 0 Å². The Morgan fingerprint density at radius 1 is 1.12 bits per heavy atom. The van der Waals surface area contributed by atoms with Crippen LogP contribution >= 0.6 is 0 Å². The third kappa shape index (κ3) is 1.90. The van der Waals surface area contributed by atoms with Gasteiger partial charge in [0.25, 0.3) is 0 Å². The Labute approximate surface area is 105 Å². The van der Waals surface area contributed by atoms with Crippen molar-refractivity contribution in [3.63, 3.8) is 0 Å². The number of hydrogen-bond acceptors (Lipinski definition) is 1. The van der Waals surface area contributed by atoms with Gasteiger partial charge in [-0.05, 0) is 41.9 Å². The highest BCUT2D eigenvalue weighted by Crippen LogP contribution is 2.60. The summed E-state index contributed by atoms with van der Waals surface area (Å²) in [4.78, 5) is 11.5. The zero-order chi connectivity index (χ0) is 12.8. The normalized spacial score (nSPS) is 39.4. The highest BCUT2D eigenvalue weighted by atomic mass is 16.4. The van der Waals surface area contributed by atoms with E-state index < -0.39 is 5.97 Å². The van der Waals surface area contributed by atoms with Crippen LogP contribution in [0.1, 0.15) is 59.8 Å². The van der Waals surface area contributed by atoms with E-state index in [0.29, 0.717) is 11.8 Å². The molecule has 0 heterocycles. The van der Waals surface area contributed by atoms with E-state index in [2.05, 4.69) is 27.7 Å². The van der Waals surface area contributed by atoms with Gasteiger partial charge in [0.05, 0.1) is 5.92 Å². The maximum Gasteiger partial charge on any atom is 0.306 e. The molecule has 2 heteroatoms. The molecule has 2 aliphatic carbocycles. The molecule has 2 aliphatic rings.